The molecule has 0 radical (unpaired) electrons. The highest BCUT2D eigenvalue weighted by Crippen LogP contribution is 2.45. The van der Waals surface area contributed by atoms with Crippen molar-refractivity contribution in [2.45, 2.75) is 0 Å². The molecule has 0 aliphatic carbocycles. The highest BCUT2D eigenvalue weighted by atomic mass is 15.0. The van der Waals surface area contributed by atoms with E-state index in [1.54, 1.807) is 24.3 Å². The minimum atomic E-state index is 0.424. The van der Waals surface area contributed by atoms with E-state index < -0.39 is 0 Å². The predicted octanol–water partition coefficient (Wildman–Crippen LogP) is 17.5. The molecule has 4 heterocycles. The van der Waals surface area contributed by atoms with Gasteiger partial charge in [0.15, 0.2) is 0 Å². The van der Waals surface area contributed by atoms with Crippen LogP contribution in [0, 0.1) is 45.3 Å². The van der Waals surface area contributed by atoms with Crippen LogP contribution in [0.2, 0.25) is 0 Å². The number of nitrogens with zero attached hydrogens (tertiary/aromatic N) is 8. The molecule has 8 heteroatoms. The number of aromatic nitrogens is 4. The van der Waals surface area contributed by atoms with Gasteiger partial charge in [0, 0.05) is 60.2 Å². The maximum atomic E-state index is 10.6. The average Bonchev–Trinajstić information content (AvgIpc) is 4.41. The maximum absolute atomic E-state index is 10.6. The molecule has 0 atom stereocenters. The molecule has 0 saturated carbocycles. The van der Waals surface area contributed by atoms with E-state index in [2.05, 4.69) is 237 Å². The Morgan fingerprint density at radius 2 is 0.725 bits per heavy atom. The molecule has 4 aromatic heterocycles. The standard InChI is InChI=1S/C72H38N8/c73-39-43-33-44(40-74)35-51(34-43)79-66-30-25-50(37-60(66)70-53-14-2-1-11-45(53)23-29-68(70)79)78-64-22-8-5-17-57(64)59-36-46(24-28-65(59)78)52-18-10-19-58-54(52)27-32-69-71(58)61-38-49(77-62-20-6-3-15-55(62)56-16-4-7-21-63(56)77)26-31-67(61)80(69)72-47(41-75)12-9-13-48(72)42-76/h1-38H. The Bertz CT molecular complexity index is 5500. The van der Waals surface area contributed by atoms with Gasteiger partial charge in [-0.15, -0.1) is 0 Å². The van der Waals surface area contributed by atoms with Crippen LogP contribution in [0.4, 0.5) is 0 Å². The minimum absolute atomic E-state index is 0.424. The van der Waals surface area contributed by atoms with Crippen LogP contribution in [0.1, 0.15) is 22.3 Å². The van der Waals surface area contributed by atoms with E-state index in [0.717, 1.165) is 126 Å². The Balaban J connectivity index is 0.917. The lowest BCUT2D eigenvalue weighted by atomic mass is 9.94. The SMILES string of the molecule is N#Cc1cc(C#N)cc(-n2c3ccc(-n4c5ccccc5c5cc(-c6cccc7c6ccc6c7c7cc(-n8c9ccccc9c9ccccc98)ccc7n6-c6c(C#N)cccc6C#N)ccc54)cc3c3c4ccccc4ccc32)c1. The molecule has 8 nitrogen and oxygen atoms in total. The Hall–Kier alpha value is -11.7. The fourth-order valence-corrected chi connectivity index (χ4v) is 13.1. The quantitative estimate of drug-likeness (QED) is 0.171. The van der Waals surface area contributed by atoms with Gasteiger partial charge in [-0.2, -0.15) is 21.0 Å². The van der Waals surface area contributed by atoms with Crippen molar-refractivity contribution in [3.05, 3.63) is 253 Å². The summed E-state index contributed by atoms with van der Waals surface area (Å²) in [6, 6.07) is 89.3. The molecular formula is C72H38N8. The van der Waals surface area contributed by atoms with E-state index in [9.17, 15) is 21.0 Å². The van der Waals surface area contributed by atoms with E-state index >= 15 is 0 Å². The smallest absolute Gasteiger partial charge is 0.101 e. The van der Waals surface area contributed by atoms with Gasteiger partial charge in [0.1, 0.15) is 12.1 Å². The molecule has 0 aliphatic rings. The summed E-state index contributed by atoms with van der Waals surface area (Å²) in [7, 11) is 0. The van der Waals surface area contributed by atoms with Crippen molar-refractivity contribution in [1.29, 1.82) is 21.0 Å². The lowest BCUT2D eigenvalue weighted by molar-refractivity contribution is 1.15. The van der Waals surface area contributed by atoms with Gasteiger partial charge in [0.2, 0.25) is 0 Å². The zero-order valence-corrected chi connectivity index (χ0v) is 42.5. The highest BCUT2D eigenvalue weighted by molar-refractivity contribution is 6.25. The van der Waals surface area contributed by atoms with E-state index in [0.29, 0.717) is 27.9 Å². The van der Waals surface area contributed by atoms with Crippen molar-refractivity contribution >= 4 is 109 Å². The van der Waals surface area contributed by atoms with Crippen molar-refractivity contribution in [3.63, 3.8) is 0 Å². The molecule has 16 rings (SSSR count). The number of nitriles is 4. The van der Waals surface area contributed by atoms with Gasteiger partial charge in [-0.1, -0.05) is 121 Å². The summed E-state index contributed by atoms with van der Waals surface area (Å²) in [6.45, 7) is 0. The first-order valence-electron chi connectivity index (χ1n) is 26.4. The summed E-state index contributed by atoms with van der Waals surface area (Å²) in [6.07, 6.45) is 0. The second kappa shape index (κ2) is 16.9. The van der Waals surface area contributed by atoms with Gasteiger partial charge >= 0.3 is 0 Å². The van der Waals surface area contributed by atoms with Crippen molar-refractivity contribution < 1.29 is 0 Å². The van der Waals surface area contributed by atoms with Gasteiger partial charge < -0.3 is 18.3 Å². The van der Waals surface area contributed by atoms with Crippen LogP contribution in [0.5, 0.6) is 0 Å². The van der Waals surface area contributed by atoms with Gasteiger partial charge in [-0.05, 0) is 142 Å². The molecule has 0 aliphatic heterocycles. The average molecular weight is 1020 g/mol. The zero-order valence-electron chi connectivity index (χ0n) is 42.5. The van der Waals surface area contributed by atoms with Gasteiger partial charge in [0.25, 0.3) is 0 Å². The second-order valence-electron chi connectivity index (χ2n) is 20.5. The molecule has 0 amide bonds. The van der Waals surface area contributed by atoms with E-state index in [-0.39, 0.29) is 0 Å². The van der Waals surface area contributed by atoms with Crippen LogP contribution < -0.4 is 0 Å². The third-order valence-corrected chi connectivity index (χ3v) is 16.4. The summed E-state index contributed by atoms with van der Waals surface area (Å²) >= 11 is 0. The van der Waals surface area contributed by atoms with Crippen molar-refractivity contribution in [2.24, 2.45) is 0 Å². The van der Waals surface area contributed by atoms with Crippen molar-refractivity contribution in [2.75, 3.05) is 0 Å². The number of hydrogen-bond acceptors (Lipinski definition) is 4. The summed E-state index contributed by atoms with van der Waals surface area (Å²) in [5.74, 6) is 0. The fraction of sp³-hybridized carbons (Fsp3) is 0. The van der Waals surface area contributed by atoms with Crippen LogP contribution in [0.15, 0.2) is 231 Å². The summed E-state index contributed by atoms with van der Waals surface area (Å²) in [4.78, 5) is 0. The molecule has 366 valence electrons. The first-order chi connectivity index (χ1) is 39.5. The summed E-state index contributed by atoms with van der Waals surface area (Å²) in [5.41, 5.74) is 15.3. The number of rotatable bonds is 5. The maximum Gasteiger partial charge on any atom is 0.101 e. The molecule has 0 spiro atoms. The third kappa shape index (κ3) is 6.22. The molecule has 16 aromatic rings. The van der Waals surface area contributed by atoms with Crippen LogP contribution in [0.25, 0.3) is 143 Å². The van der Waals surface area contributed by atoms with Crippen LogP contribution in [0.3, 0.4) is 0 Å². The number of hydrogen-bond donors (Lipinski definition) is 0. The Morgan fingerprint density at radius 3 is 1.35 bits per heavy atom. The van der Waals surface area contributed by atoms with Crippen LogP contribution >= 0.6 is 0 Å². The van der Waals surface area contributed by atoms with Crippen LogP contribution in [-0.4, -0.2) is 18.3 Å². The number of para-hydroxylation sites is 4. The van der Waals surface area contributed by atoms with E-state index in [1.165, 1.54) is 10.8 Å². The Labute approximate surface area is 456 Å². The normalized spacial score (nSPS) is 11.7. The van der Waals surface area contributed by atoms with Gasteiger partial charge in [0.05, 0.1) is 84.2 Å². The lowest BCUT2D eigenvalue weighted by Crippen LogP contribution is -2.01. The monoisotopic (exact) mass is 1010 g/mol. The van der Waals surface area contributed by atoms with E-state index in [1.807, 2.05) is 12.1 Å². The Kier molecular flexibility index (Phi) is 9.43. The topological polar surface area (TPSA) is 115 Å². The summed E-state index contributed by atoms with van der Waals surface area (Å²) in [5, 5.41) is 54.4. The van der Waals surface area contributed by atoms with Crippen molar-refractivity contribution in [3.8, 4) is 58.2 Å². The van der Waals surface area contributed by atoms with Gasteiger partial charge in [-0.25, -0.2) is 0 Å². The van der Waals surface area contributed by atoms with Gasteiger partial charge in [-0.3, -0.25) is 0 Å². The molecule has 80 heavy (non-hydrogen) atoms. The fourth-order valence-electron chi connectivity index (χ4n) is 13.1. The molecule has 0 unspecified atom stereocenters. The predicted molar refractivity (Wildman–Crippen MR) is 323 cm³/mol. The molecular weight excluding hydrogens is 977 g/mol. The zero-order chi connectivity index (χ0) is 53.3. The third-order valence-electron chi connectivity index (χ3n) is 16.4. The van der Waals surface area contributed by atoms with Crippen LogP contribution in [-0.2, 0) is 0 Å². The lowest BCUT2D eigenvalue weighted by Gasteiger charge is -2.13. The largest absolute Gasteiger partial charge is 0.309 e. The molecule has 12 aromatic carbocycles. The van der Waals surface area contributed by atoms with Crippen molar-refractivity contribution in [1.82, 2.24) is 18.3 Å². The molecule has 0 fully saturated rings. The molecule has 0 N–H and O–H groups in total. The number of fused-ring (bicyclic) bond motifs is 16. The summed E-state index contributed by atoms with van der Waals surface area (Å²) < 4.78 is 8.98. The Morgan fingerprint density at radius 1 is 0.263 bits per heavy atom. The second-order valence-corrected chi connectivity index (χ2v) is 20.5. The number of benzene rings is 12. The highest BCUT2D eigenvalue weighted by Gasteiger charge is 2.24. The minimum Gasteiger partial charge on any atom is -0.309 e. The first-order valence-corrected chi connectivity index (χ1v) is 26.4. The molecule has 0 bridgehead atoms. The first kappa shape index (κ1) is 44.6. The molecule has 0 saturated heterocycles. The van der Waals surface area contributed by atoms with E-state index in [4.69, 9.17) is 0 Å².